The summed E-state index contributed by atoms with van der Waals surface area (Å²) in [6, 6.07) is 0. The van der Waals surface area contributed by atoms with Crippen LogP contribution >= 0.6 is 11.3 Å². The number of nitrogens with one attached hydrogen (secondary N) is 1. The van der Waals surface area contributed by atoms with E-state index in [1.54, 1.807) is 23.9 Å². The van der Waals surface area contributed by atoms with Crippen LogP contribution in [0.15, 0.2) is 40.7 Å². The van der Waals surface area contributed by atoms with Gasteiger partial charge in [0.25, 0.3) is 0 Å². The Labute approximate surface area is 109 Å². The molecule has 18 heavy (non-hydrogen) atoms. The normalized spacial score (nSPS) is 19.2. The van der Waals surface area contributed by atoms with Crippen molar-refractivity contribution in [3.05, 3.63) is 35.6 Å². The van der Waals surface area contributed by atoms with Crippen LogP contribution in [0.25, 0.3) is 0 Å². The fourth-order valence-corrected chi connectivity index (χ4v) is 1.82. The zero-order valence-electron chi connectivity index (χ0n) is 9.87. The molecule has 0 bridgehead atoms. The number of amides is 1. The summed E-state index contributed by atoms with van der Waals surface area (Å²) in [4.78, 5) is 20.6. The summed E-state index contributed by atoms with van der Waals surface area (Å²) in [6.07, 6.45) is 9.13. The molecule has 0 radical (unpaired) electrons. The van der Waals surface area contributed by atoms with Crippen LogP contribution in [0.1, 0.15) is 13.3 Å². The molecule has 1 aromatic heterocycles. The van der Waals surface area contributed by atoms with Crippen LogP contribution in [-0.2, 0) is 9.63 Å². The van der Waals surface area contributed by atoms with Gasteiger partial charge in [-0.25, -0.2) is 4.98 Å². The second-order valence-corrected chi connectivity index (χ2v) is 4.72. The van der Waals surface area contributed by atoms with E-state index in [4.69, 9.17) is 4.84 Å². The first kappa shape index (κ1) is 12.5. The molecule has 1 amide bonds. The second kappa shape index (κ2) is 6.11. The monoisotopic (exact) mass is 263 g/mol. The average Bonchev–Trinajstić information content (AvgIpc) is 2.76. The van der Waals surface area contributed by atoms with Gasteiger partial charge in [-0.15, -0.1) is 11.3 Å². The maximum Gasteiger partial charge on any atom is 0.250 e. The molecule has 94 valence electrons. The Morgan fingerprint density at radius 3 is 3.33 bits per heavy atom. The minimum atomic E-state index is -0.240. The molecule has 1 N–H and O–H groups in total. The van der Waals surface area contributed by atoms with Crippen LogP contribution in [-0.4, -0.2) is 17.1 Å². The van der Waals surface area contributed by atoms with E-state index in [1.807, 2.05) is 13.0 Å². The smallest absolute Gasteiger partial charge is 0.250 e. The van der Waals surface area contributed by atoms with Gasteiger partial charge in [-0.05, 0) is 24.5 Å². The number of carbonyl (C=O) groups excluding carboxylic acids is 1. The number of allylic oxidation sites excluding steroid dienone is 2. The number of nitrogens with zero attached hydrogens (tertiary/aromatic N) is 2. The number of carbonyl (C=O) groups is 1. The summed E-state index contributed by atoms with van der Waals surface area (Å²) >= 11 is 1.37. The molecule has 1 aliphatic rings. The van der Waals surface area contributed by atoms with Gasteiger partial charge in [0.05, 0.1) is 0 Å². The Kier molecular flexibility index (Phi) is 4.25. The molecule has 6 heteroatoms. The first-order valence-corrected chi connectivity index (χ1v) is 6.41. The molecule has 2 heterocycles. The lowest BCUT2D eigenvalue weighted by Crippen LogP contribution is -2.07. The number of aromatic nitrogens is 1. The molecular weight excluding hydrogens is 250 g/mol. The van der Waals surface area contributed by atoms with Crippen LogP contribution in [0.5, 0.6) is 0 Å². The van der Waals surface area contributed by atoms with Gasteiger partial charge in [-0.1, -0.05) is 12.1 Å². The molecule has 1 aliphatic heterocycles. The van der Waals surface area contributed by atoms with Gasteiger partial charge in [0.2, 0.25) is 5.91 Å². The van der Waals surface area contributed by atoms with Gasteiger partial charge >= 0.3 is 0 Å². The molecule has 0 saturated heterocycles. The van der Waals surface area contributed by atoms with Crippen LogP contribution in [0.2, 0.25) is 0 Å². The first-order valence-electron chi connectivity index (χ1n) is 5.53. The Balaban J connectivity index is 1.90. The van der Waals surface area contributed by atoms with Crippen molar-refractivity contribution in [2.45, 2.75) is 13.3 Å². The Bertz CT molecular complexity index is 491. The fraction of sp³-hybridized carbons (Fsp3) is 0.250. The van der Waals surface area contributed by atoms with Crippen molar-refractivity contribution in [1.82, 2.24) is 4.98 Å². The fourth-order valence-electron chi connectivity index (χ4n) is 1.28. The molecule has 0 spiro atoms. The van der Waals surface area contributed by atoms with Crippen molar-refractivity contribution in [2.75, 3.05) is 5.32 Å². The maximum absolute atomic E-state index is 11.6. The Morgan fingerprint density at radius 1 is 1.67 bits per heavy atom. The minimum Gasteiger partial charge on any atom is -0.358 e. The molecule has 0 aliphatic carbocycles. The van der Waals surface area contributed by atoms with E-state index in [1.165, 1.54) is 17.4 Å². The lowest BCUT2D eigenvalue weighted by Gasteiger charge is -1.97. The van der Waals surface area contributed by atoms with Crippen molar-refractivity contribution >= 4 is 28.6 Å². The number of anilines is 1. The quantitative estimate of drug-likeness (QED) is 0.852. The van der Waals surface area contributed by atoms with Crippen molar-refractivity contribution in [2.24, 2.45) is 11.1 Å². The number of hydrogen-bond donors (Lipinski definition) is 1. The molecule has 2 rings (SSSR count). The molecule has 1 aromatic rings. The van der Waals surface area contributed by atoms with E-state index >= 15 is 0 Å². The SMILES string of the molecule is CC1C=NOC(/C=C/C(=O)Nc2nccs2)=CC1. The van der Waals surface area contributed by atoms with Gasteiger partial charge in [-0.3, -0.25) is 10.1 Å². The largest absolute Gasteiger partial charge is 0.358 e. The third-order valence-corrected chi connectivity index (χ3v) is 2.91. The van der Waals surface area contributed by atoms with Gasteiger partial charge in [0, 0.05) is 23.9 Å². The Morgan fingerprint density at radius 2 is 2.56 bits per heavy atom. The van der Waals surface area contributed by atoms with E-state index in [0.29, 0.717) is 16.8 Å². The molecule has 5 nitrogen and oxygen atoms in total. The zero-order chi connectivity index (χ0) is 12.8. The maximum atomic E-state index is 11.6. The van der Waals surface area contributed by atoms with E-state index in [0.717, 1.165) is 6.42 Å². The molecule has 0 fully saturated rings. The highest BCUT2D eigenvalue weighted by atomic mass is 32.1. The molecule has 1 unspecified atom stereocenters. The van der Waals surface area contributed by atoms with Crippen molar-refractivity contribution < 1.29 is 9.63 Å². The third kappa shape index (κ3) is 3.81. The van der Waals surface area contributed by atoms with Gasteiger partial charge in [-0.2, -0.15) is 0 Å². The number of oxime groups is 1. The minimum absolute atomic E-state index is 0.240. The van der Waals surface area contributed by atoms with Crippen LogP contribution in [0.4, 0.5) is 5.13 Å². The summed E-state index contributed by atoms with van der Waals surface area (Å²) in [5.74, 6) is 0.681. The predicted molar refractivity (Wildman–Crippen MR) is 71.3 cm³/mol. The van der Waals surface area contributed by atoms with Crippen molar-refractivity contribution in [3.8, 4) is 0 Å². The second-order valence-electron chi connectivity index (χ2n) is 3.83. The molecular formula is C12H13N3O2S. The van der Waals surface area contributed by atoms with Crippen molar-refractivity contribution in [1.29, 1.82) is 0 Å². The summed E-state index contributed by atoms with van der Waals surface area (Å²) in [7, 11) is 0. The Hall–Kier alpha value is -1.95. The van der Waals surface area contributed by atoms with E-state index in [2.05, 4.69) is 15.5 Å². The molecule has 1 atom stereocenters. The van der Waals surface area contributed by atoms with Crippen LogP contribution < -0.4 is 5.32 Å². The topological polar surface area (TPSA) is 63.6 Å². The van der Waals surface area contributed by atoms with E-state index in [9.17, 15) is 4.79 Å². The van der Waals surface area contributed by atoms with Gasteiger partial charge < -0.3 is 4.84 Å². The highest BCUT2D eigenvalue weighted by Gasteiger charge is 2.04. The van der Waals surface area contributed by atoms with Crippen molar-refractivity contribution in [3.63, 3.8) is 0 Å². The summed E-state index contributed by atoms with van der Waals surface area (Å²) in [5, 5.41) is 8.82. The number of rotatable bonds is 3. The lowest BCUT2D eigenvalue weighted by atomic mass is 10.1. The number of hydrogen-bond acceptors (Lipinski definition) is 5. The third-order valence-electron chi connectivity index (χ3n) is 2.23. The summed E-state index contributed by atoms with van der Waals surface area (Å²) in [6.45, 7) is 2.05. The summed E-state index contributed by atoms with van der Waals surface area (Å²) < 4.78 is 0. The first-order chi connectivity index (χ1) is 8.74. The van der Waals surface area contributed by atoms with E-state index < -0.39 is 0 Å². The summed E-state index contributed by atoms with van der Waals surface area (Å²) in [5.41, 5.74) is 0. The zero-order valence-corrected chi connectivity index (χ0v) is 10.7. The average molecular weight is 263 g/mol. The highest BCUT2D eigenvalue weighted by Crippen LogP contribution is 2.12. The van der Waals surface area contributed by atoms with Gasteiger partial charge in [0.1, 0.15) is 0 Å². The number of thiazole rings is 1. The standard InChI is InChI=1S/C12H13N3O2S/c1-9-2-3-10(17-14-8-9)4-5-11(16)15-12-13-6-7-18-12/h3-9H,2H2,1H3,(H,13,15,16)/b5-4+. The lowest BCUT2D eigenvalue weighted by molar-refractivity contribution is -0.111. The van der Waals surface area contributed by atoms with Crippen LogP contribution in [0, 0.1) is 5.92 Å². The molecule has 0 saturated carbocycles. The highest BCUT2D eigenvalue weighted by molar-refractivity contribution is 7.13. The molecule has 0 aromatic carbocycles. The van der Waals surface area contributed by atoms with Crippen LogP contribution in [0.3, 0.4) is 0 Å². The van der Waals surface area contributed by atoms with Gasteiger partial charge in [0.15, 0.2) is 10.9 Å². The predicted octanol–water partition coefficient (Wildman–Crippen LogP) is 2.56. The van der Waals surface area contributed by atoms with E-state index in [-0.39, 0.29) is 5.91 Å².